The van der Waals surface area contributed by atoms with Crippen LogP contribution in [0.15, 0.2) is 52.3 Å². The molecule has 0 radical (unpaired) electrons. The molecule has 2 aromatic carbocycles. The first-order valence-electron chi connectivity index (χ1n) is 11.3. The molecule has 11 heteroatoms. The molecule has 3 rings (SSSR count). The highest BCUT2D eigenvalue weighted by molar-refractivity contribution is 7.99. The Morgan fingerprint density at radius 1 is 0.886 bits per heavy atom. The van der Waals surface area contributed by atoms with Crippen molar-refractivity contribution in [1.29, 1.82) is 0 Å². The van der Waals surface area contributed by atoms with Gasteiger partial charge in [-0.3, -0.25) is 4.90 Å². The van der Waals surface area contributed by atoms with E-state index in [2.05, 4.69) is 10.6 Å². The summed E-state index contributed by atoms with van der Waals surface area (Å²) in [6, 6.07) is 12.8. The second-order valence-corrected chi connectivity index (χ2v) is 8.42. The van der Waals surface area contributed by atoms with Gasteiger partial charge in [-0.05, 0) is 38.1 Å². The van der Waals surface area contributed by atoms with Gasteiger partial charge in [0.2, 0.25) is 0 Å². The van der Waals surface area contributed by atoms with Crippen LogP contribution in [0.3, 0.4) is 0 Å². The SMILES string of the molecule is CCNC(=O)OCCN(CCOC(=O)NCC)C(=O)N1c2ccccc2Sc2ccc(OC)cc21. The Morgan fingerprint density at radius 2 is 1.49 bits per heavy atom. The van der Waals surface area contributed by atoms with Crippen LogP contribution in [0.25, 0.3) is 0 Å². The van der Waals surface area contributed by atoms with Gasteiger partial charge in [0.05, 0.1) is 31.6 Å². The number of methoxy groups -OCH3 is 1. The van der Waals surface area contributed by atoms with Gasteiger partial charge in [-0.15, -0.1) is 0 Å². The predicted molar refractivity (Wildman–Crippen MR) is 133 cm³/mol. The molecule has 0 saturated carbocycles. The summed E-state index contributed by atoms with van der Waals surface area (Å²) in [4.78, 5) is 42.3. The van der Waals surface area contributed by atoms with E-state index in [0.717, 1.165) is 15.5 Å². The fourth-order valence-corrected chi connectivity index (χ4v) is 4.44. The van der Waals surface area contributed by atoms with E-state index in [1.807, 2.05) is 42.5 Å². The summed E-state index contributed by atoms with van der Waals surface area (Å²) in [7, 11) is 1.57. The van der Waals surface area contributed by atoms with Crippen molar-refractivity contribution in [2.45, 2.75) is 23.6 Å². The van der Waals surface area contributed by atoms with E-state index in [1.165, 1.54) is 4.90 Å². The van der Waals surface area contributed by atoms with Gasteiger partial charge in [0.15, 0.2) is 0 Å². The van der Waals surface area contributed by atoms with Crippen LogP contribution >= 0.6 is 11.8 Å². The van der Waals surface area contributed by atoms with Gasteiger partial charge in [0, 0.05) is 28.9 Å². The normalized spacial score (nSPS) is 11.6. The molecule has 1 heterocycles. The maximum atomic E-state index is 13.9. The molecule has 0 atom stereocenters. The predicted octanol–water partition coefficient (Wildman–Crippen LogP) is 4.21. The average Bonchev–Trinajstić information content (AvgIpc) is 2.86. The number of ether oxygens (including phenoxy) is 3. The van der Waals surface area contributed by atoms with Crippen LogP contribution in [0.2, 0.25) is 0 Å². The number of amides is 4. The van der Waals surface area contributed by atoms with Gasteiger partial charge in [-0.2, -0.15) is 0 Å². The van der Waals surface area contributed by atoms with Crippen molar-refractivity contribution < 1.29 is 28.6 Å². The number of nitrogens with one attached hydrogen (secondary N) is 2. The summed E-state index contributed by atoms with van der Waals surface area (Å²) in [5.74, 6) is 0.618. The van der Waals surface area contributed by atoms with Crippen LogP contribution in [0.4, 0.5) is 25.8 Å². The Morgan fingerprint density at radius 3 is 2.09 bits per heavy atom. The van der Waals surface area contributed by atoms with Crippen molar-refractivity contribution in [1.82, 2.24) is 15.5 Å². The Balaban J connectivity index is 1.86. The maximum absolute atomic E-state index is 13.9. The van der Waals surface area contributed by atoms with Crippen molar-refractivity contribution in [3.8, 4) is 5.75 Å². The highest BCUT2D eigenvalue weighted by Gasteiger charge is 2.32. The second-order valence-electron chi connectivity index (χ2n) is 7.34. The zero-order valence-electron chi connectivity index (χ0n) is 20.0. The number of alkyl carbamates (subject to hydrolysis) is 2. The topological polar surface area (TPSA) is 109 Å². The molecule has 2 aromatic rings. The number of para-hydroxylation sites is 1. The minimum absolute atomic E-state index is 0.0199. The van der Waals surface area contributed by atoms with Crippen molar-refractivity contribution in [3.05, 3.63) is 42.5 Å². The van der Waals surface area contributed by atoms with Crippen molar-refractivity contribution in [2.24, 2.45) is 0 Å². The van der Waals surface area contributed by atoms with Gasteiger partial charge in [-0.1, -0.05) is 23.9 Å². The number of carbonyl (C=O) groups excluding carboxylic acids is 3. The number of rotatable bonds is 9. The second kappa shape index (κ2) is 12.7. The van der Waals surface area contributed by atoms with Gasteiger partial charge >= 0.3 is 18.2 Å². The minimum atomic E-state index is -0.562. The molecule has 0 bridgehead atoms. The molecule has 0 unspecified atom stereocenters. The fourth-order valence-electron chi connectivity index (χ4n) is 3.40. The third-order valence-corrected chi connectivity index (χ3v) is 6.16. The smallest absolute Gasteiger partial charge is 0.407 e. The molecule has 0 saturated heterocycles. The van der Waals surface area contributed by atoms with Crippen molar-refractivity contribution in [2.75, 3.05) is 51.4 Å². The molecule has 0 aliphatic carbocycles. The monoisotopic (exact) mass is 502 g/mol. The summed E-state index contributed by atoms with van der Waals surface area (Å²) in [5.41, 5.74) is 1.40. The Labute approximate surface area is 208 Å². The molecular weight excluding hydrogens is 472 g/mol. The molecule has 0 fully saturated rings. The van der Waals surface area contributed by atoms with Crippen LogP contribution in [0, 0.1) is 0 Å². The van der Waals surface area contributed by atoms with E-state index in [9.17, 15) is 14.4 Å². The number of hydrogen-bond acceptors (Lipinski definition) is 7. The zero-order chi connectivity index (χ0) is 25.2. The van der Waals surface area contributed by atoms with E-state index in [0.29, 0.717) is 24.5 Å². The molecule has 10 nitrogen and oxygen atoms in total. The molecule has 0 aromatic heterocycles. The highest BCUT2D eigenvalue weighted by Crippen LogP contribution is 2.49. The largest absolute Gasteiger partial charge is 0.497 e. The van der Waals surface area contributed by atoms with E-state index in [4.69, 9.17) is 14.2 Å². The number of nitrogens with zero attached hydrogens (tertiary/aromatic N) is 2. The maximum Gasteiger partial charge on any atom is 0.407 e. The summed E-state index contributed by atoms with van der Waals surface area (Å²) >= 11 is 1.57. The first kappa shape index (κ1) is 26.0. The Kier molecular flexibility index (Phi) is 9.47. The van der Waals surface area contributed by atoms with E-state index < -0.39 is 12.2 Å². The van der Waals surface area contributed by atoms with Crippen LogP contribution < -0.4 is 20.3 Å². The van der Waals surface area contributed by atoms with E-state index in [-0.39, 0.29) is 32.3 Å². The Hall–Kier alpha value is -3.60. The number of hydrogen-bond donors (Lipinski definition) is 2. The lowest BCUT2D eigenvalue weighted by Crippen LogP contribution is -2.45. The van der Waals surface area contributed by atoms with Gasteiger partial charge in [-0.25, -0.2) is 14.4 Å². The molecule has 0 spiro atoms. The van der Waals surface area contributed by atoms with Gasteiger partial charge < -0.3 is 29.7 Å². The quantitative estimate of drug-likeness (QED) is 0.529. The standard InChI is InChI=1S/C24H30N4O6S/c1-4-25-22(29)33-14-12-27(13-15-34-23(30)26-5-2)24(31)28-18-8-6-7-9-20(18)35-21-11-10-17(32-3)16-19(21)28/h6-11,16H,4-5,12-15H2,1-3H3,(H,25,29)(H,26,30). The number of benzene rings is 2. The molecule has 188 valence electrons. The molecule has 4 amide bonds. The summed E-state index contributed by atoms with van der Waals surface area (Å²) in [5, 5.41) is 5.11. The van der Waals surface area contributed by atoms with E-state index >= 15 is 0 Å². The molecule has 1 aliphatic heterocycles. The van der Waals surface area contributed by atoms with Crippen LogP contribution in [0.5, 0.6) is 5.75 Å². The van der Waals surface area contributed by atoms with Gasteiger partial charge in [0.1, 0.15) is 19.0 Å². The number of fused-ring (bicyclic) bond motifs is 2. The minimum Gasteiger partial charge on any atom is -0.497 e. The lowest BCUT2D eigenvalue weighted by molar-refractivity contribution is 0.114. The molecular formula is C24H30N4O6S. The lowest BCUT2D eigenvalue weighted by Gasteiger charge is -2.35. The van der Waals surface area contributed by atoms with Crippen LogP contribution in [-0.4, -0.2) is 69.6 Å². The molecule has 35 heavy (non-hydrogen) atoms. The summed E-state index contributed by atoms with van der Waals surface area (Å²) in [6.07, 6.45) is -1.12. The van der Waals surface area contributed by atoms with Crippen molar-refractivity contribution >= 4 is 41.4 Å². The zero-order valence-corrected chi connectivity index (χ0v) is 20.9. The number of urea groups is 1. The van der Waals surface area contributed by atoms with Crippen LogP contribution in [0.1, 0.15) is 13.8 Å². The van der Waals surface area contributed by atoms with Gasteiger partial charge in [0.25, 0.3) is 0 Å². The van der Waals surface area contributed by atoms with Crippen LogP contribution in [-0.2, 0) is 9.47 Å². The molecule has 2 N–H and O–H groups in total. The van der Waals surface area contributed by atoms with Crippen molar-refractivity contribution in [3.63, 3.8) is 0 Å². The number of carbonyl (C=O) groups is 3. The molecule has 1 aliphatic rings. The number of anilines is 2. The third kappa shape index (κ3) is 6.72. The average molecular weight is 503 g/mol. The fraction of sp³-hybridized carbons (Fsp3) is 0.375. The first-order chi connectivity index (χ1) is 17.0. The Bertz CT molecular complexity index is 1030. The first-order valence-corrected chi connectivity index (χ1v) is 12.1. The highest BCUT2D eigenvalue weighted by atomic mass is 32.2. The summed E-state index contributed by atoms with van der Waals surface area (Å²) < 4.78 is 15.8. The third-order valence-electron chi connectivity index (χ3n) is 5.03. The van der Waals surface area contributed by atoms with E-state index in [1.54, 1.807) is 37.6 Å². The lowest BCUT2D eigenvalue weighted by atomic mass is 10.2. The summed E-state index contributed by atoms with van der Waals surface area (Å²) in [6.45, 7) is 4.62.